The molecule has 32 heavy (non-hydrogen) atoms. The number of hydrogen-bond acceptors (Lipinski definition) is 6. The number of nitrogens with zero attached hydrogens (tertiary/aromatic N) is 2. The fraction of sp³-hybridized carbons (Fsp3) is 0.520. The van der Waals surface area contributed by atoms with Crippen LogP contribution in [0, 0.1) is 6.92 Å². The zero-order chi connectivity index (χ0) is 22.6. The minimum absolute atomic E-state index is 0.116. The molecular weight excluding hydrogens is 428 g/mol. The van der Waals surface area contributed by atoms with Gasteiger partial charge < -0.3 is 24.6 Å². The van der Waals surface area contributed by atoms with Crippen molar-refractivity contribution in [2.45, 2.75) is 31.0 Å². The highest BCUT2D eigenvalue weighted by molar-refractivity contribution is 6.30. The Bertz CT molecular complexity index is 886. The zero-order valence-corrected chi connectivity index (χ0v) is 19.4. The van der Waals surface area contributed by atoms with Gasteiger partial charge in [-0.1, -0.05) is 29.8 Å². The van der Waals surface area contributed by atoms with E-state index < -0.39 is 11.2 Å². The summed E-state index contributed by atoms with van der Waals surface area (Å²) in [5.41, 5.74) is 0.579. The number of halogens is 1. The summed E-state index contributed by atoms with van der Waals surface area (Å²) in [6.07, 6.45) is 1.39. The molecule has 2 aromatic carbocycles. The number of β-amino-alcohol motifs (C(OH)–C–C–N with tert-alkyl or cyclic N) is 2. The van der Waals surface area contributed by atoms with E-state index in [1.54, 1.807) is 24.3 Å². The summed E-state index contributed by atoms with van der Waals surface area (Å²) in [6, 6.07) is 15.5. The molecule has 0 aliphatic carbocycles. The molecule has 0 amide bonds. The maximum absolute atomic E-state index is 11.3. The molecule has 4 rings (SSSR count). The standard InChI is InChI=1S/C25H33ClN2O4/c1-20-4-2-3-5-23(20)28-12-10-24(29,11-13-28)16-27-14-15-31-18-25(30,17-27)19-32-22-8-6-21(26)7-9-22/h2-9,29-30H,10-19H2,1H3/t25-/m1/s1. The van der Waals surface area contributed by atoms with Crippen molar-refractivity contribution in [2.75, 3.05) is 57.4 Å². The third kappa shape index (κ3) is 5.94. The summed E-state index contributed by atoms with van der Waals surface area (Å²) in [6.45, 7) is 6.18. The van der Waals surface area contributed by atoms with E-state index in [1.165, 1.54) is 11.3 Å². The minimum Gasteiger partial charge on any atom is -0.490 e. The third-order valence-corrected chi connectivity index (χ3v) is 6.68. The van der Waals surface area contributed by atoms with Crippen LogP contribution in [-0.2, 0) is 4.74 Å². The van der Waals surface area contributed by atoms with Gasteiger partial charge in [0.15, 0.2) is 0 Å². The summed E-state index contributed by atoms with van der Waals surface area (Å²) in [5.74, 6) is 0.654. The van der Waals surface area contributed by atoms with E-state index >= 15 is 0 Å². The molecule has 2 fully saturated rings. The van der Waals surface area contributed by atoms with Crippen LogP contribution in [0.3, 0.4) is 0 Å². The maximum atomic E-state index is 11.3. The lowest BCUT2D eigenvalue weighted by Gasteiger charge is -2.42. The van der Waals surface area contributed by atoms with Gasteiger partial charge in [0.25, 0.3) is 0 Å². The van der Waals surface area contributed by atoms with E-state index in [0.29, 0.717) is 49.9 Å². The van der Waals surface area contributed by atoms with E-state index in [0.717, 1.165) is 13.1 Å². The number of piperidine rings is 1. The van der Waals surface area contributed by atoms with Gasteiger partial charge in [-0.05, 0) is 55.7 Å². The van der Waals surface area contributed by atoms with Crippen molar-refractivity contribution in [2.24, 2.45) is 0 Å². The van der Waals surface area contributed by atoms with Crippen LogP contribution in [0.4, 0.5) is 5.69 Å². The van der Waals surface area contributed by atoms with Crippen molar-refractivity contribution in [3.63, 3.8) is 0 Å². The Morgan fingerprint density at radius 2 is 1.72 bits per heavy atom. The maximum Gasteiger partial charge on any atom is 0.134 e. The van der Waals surface area contributed by atoms with Crippen molar-refractivity contribution in [3.05, 3.63) is 59.1 Å². The molecule has 174 valence electrons. The van der Waals surface area contributed by atoms with Gasteiger partial charge in [0, 0.05) is 43.4 Å². The molecule has 0 bridgehead atoms. The van der Waals surface area contributed by atoms with Crippen LogP contribution in [0.5, 0.6) is 5.75 Å². The Balaban J connectivity index is 1.33. The van der Waals surface area contributed by atoms with Crippen LogP contribution in [0.1, 0.15) is 18.4 Å². The van der Waals surface area contributed by atoms with Gasteiger partial charge in [-0.3, -0.25) is 4.90 Å². The van der Waals surface area contributed by atoms with Gasteiger partial charge >= 0.3 is 0 Å². The van der Waals surface area contributed by atoms with Gasteiger partial charge in [0.05, 0.1) is 18.8 Å². The fourth-order valence-corrected chi connectivity index (χ4v) is 4.75. The normalized spacial score (nSPS) is 24.2. The van der Waals surface area contributed by atoms with E-state index in [1.807, 2.05) is 0 Å². The smallest absolute Gasteiger partial charge is 0.134 e. The Kier molecular flexibility index (Phi) is 7.27. The number of hydrogen-bond donors (Lipinski definition) is 2. The van der Waals surface area contributed by atoms with E-state index in [4.69, 9.17) is 21.1 Å². The first-order valence-corrected chi connectivity index (χ1v) is 11.7. The highest BCUT2D eigenvalue weighted by Gasteiger charge is 2.39. The highest BCUT2D eigenvalue weighted by Crippen LogP contribution is 2.30. The molecule has 2 N–H and O–H groups in total. The van der Waals surface area contributed by atoms with Crippen LogP contribution < -0.4 is 9.64 Å². The molecule has 0 aromatic heterocycles. The summed E-state index contributed by atoms with van der Waals surface area (Å²) in [4.78, 5) is 4.47. The number of aryl methyl sites for hydroxylation is 1. The van der Waals surface area contributed by atoms with Crippen molar-refractivity contribution in [3.8, 4) is 5.75 Å². The Labute approximate surface area is 195 Å². The zero-order valence-electron chi connectivity index (χ0n) is 18.7. The predicted molar refractivity (Wildman–Crippen MR) is 127 cm³/mol. The molecule has 0 saturated carbocycles. The molecule has 0 spiro atoms. The molecule has 2 heterocycles. The largest absolute Gasteiger partial charge is 0.490 e. The van der Waals surface area contributed by atoms with Crippen molar-refractivity contribution < 1.29 is 19.7 Å². The second-order valence-electron chi connectivity index (χ2n) is 9.23. The molecule has 2 aliphatic heterocycles. The second kappa shape index (κ2) is 9.98. The summed E-state index contributed by atoms with van der Waals surface area (Å²) < 4.78 is 11.5. The number of aliphatic hydroxyl groups is 2. The molecule has 2 saturated heterocycles. The first-order valence-electron chi connectivity index (χ1n) is 11.3. The lowest BCUT2D eigenvalue weighted by molar-refractivity contribution is -0.0742. The summed E-state index contributed by atoms with van der Waals surface area (Å²) >= 11 is 5.93. The van der Waals surface area contributed by atoms with Crippen molar-refractivity contribution >= 4 is 17.3 Å². The lowest BCUT2D eigenvalue weighted by Crippen LogP contribution is -2.55. The number of para-hydroxylation sites is 1. The minimum atomic E-state index is -1.14. The van der Waals surface area contributed by atoms with Gasteiger partial charge in [-0.15, -0.1) is 0 Å². The number of rotatable bonds is 6. The van der Waals surface area contributed by atoms with Crippen molar-refractivity contribution in [1.29, 1.82) is 0 Å². The average molecular weight is 461 g/mol. The summed E-state index contributed by atoms with van der Waals surface area (Å²) in [5, 5.41) is 23.1. The van der Waals surface area contributed by atoms with Crippen LogP contribution in [0.25, 0.3) is 0 Å². The predicted octanol–water partition coefficient (Wildman–Crippen LogP) is 3.12. The molecule has 6 nitrogen and oxygen atoms in total. The fourth-order valence-electron chi connectivity index (χ4n) is 4.62. The van der Waals surface area contributed by atoms with Crippen LogP contribution in [-0.4, -0.2) is 78.9 Å². The first-order chi connectivity index (χ1) is 15.3. The molecular formula is C25H33ClN2O4. The summed E-state index contributed by atoms with van der Waals surface area (Å²) in [7, 11) is 0. The first kappa shape index (κ1) is 23.3. The molecule has 0 unspecified atom stereocenters. The number of ether oxygens (including phenoxy) is 2. The molecule has 7 heteroatoms. The average Bonchev–Trinajstić information content (AvgIpc) is 2.95. The number of benzene rings is 2. The SMILES string of the molecule is Cc1ccccc1N1CCC(O)(CN2CCOC[C@@](O)(COc3ccc(Cl)cc3)C2)CC1. The monoisotopic (exact) mass is 460 g/mol. The van der Waals surface area contributed by atoms with Crippen LogP contribution in [0.15, 0.2) is 48.5 Å². The van der Waals surface area contributed by atoms with Gasteiger partial charge in [-0.2, -0.15) is 0 Å². The van der Waals surface area contributed by atoms with Gasteiger partial charge in [0.2, 0.25) is 0 Å². The van der Waals surface area contributed by atoms with E-state index in [2.05, 4.69) is 41.0 Å². The topological polar surface area (TPSA) is 65.4 Å². The van der Waals surface area contributed by atoms with E-state index in [9.17, 15) is 10.2 Å². The molecule has 2 aromatic rings. The van der Waals surface area contributed by atoms with Crippen LogP contribution >= 0.6 is 11.6 Å². The highest BCUT2D eigenvalue weighted by atomic mass is 35.5. The molecule has 1 atom stereocenters. The molecule has 0 radical (unpaired) electrons. The number of anilines is 1. The Hall–Kier alpha value is -1.83. The lowest BCUT2D eigenvalue weighted by atomic mass is 9.89. The quantitative estimate of drug-likeness (QED) is 0.690. The van der Waals surface area contributed by atoms with Gasteiger partial charge in [0.1, 0.15) is 18.0 Å². The van der Waals surface area contributed by atoms with Crippen LogP contribution in [0.2, 0.25) is 5.02 Å². The van der Waals surface area contributed by atoms with Gasteiger partial charge in [-0.25, -0.2) is 0 Å². The third-order valence-electron chi connectivity index (χ3n) is 6.43. The Morgan fingerprint density at radius 3 is 2.44 bits per heavy atom. The Morgan fingerprint density at radius 1 is 1.00 bits per heavy atom. The second-order valence-corrected chi connectivity index (χ2v) is 9.66. The molecule has 2 aliphatic rings. The van der Waals surface area contributed by atoms with Crippen molar-refractivity contribution in [1.82, 2.24) is 4.90 Å². The van der Waals surface area contributed by atoms with E-state index in [-0.39, 0.29) is 13.2 Å².